The van der Waals surface area contributed by atoms with Gasteiger partial charge in [-0.1, -0.05) is 59.2 Å². The van der Waals surface area contributed by atoms with Crippen LogP contribution in [-0.4, -0.2) is 15.2 Å². The van der Waals surface area contributed by atoms with Gasteiger partial charge in [-0.25, -0.2) is 0 Å². The third-order valence-electron chi connectivity index (χ3n) is 4.15. The molecule has 25 heavy (non-hydrogen) atoms. The zero-order valence-electron chi connectivity index (χ0n) is 15.6. The van der Waals surface area contributed by atoms with Crippen molar-refractivity contribution in [1.82, 2.24) is 15.2 Å². The van der Waals surface area contributed by atoms with Crippen LogP contribution in [0.15, 0.2) is 36.4 Å². The van der Waals surface area contributed by atoms with Crippen molar-refractivity contribution >= 4 is 22.6 Å². The lowest BCUT2D eigenvalue weighted by Gasteiger charge is -2.25. The van der Waals surface area contributed by atoms with Crippen LogP contribution in [0.4, 0.5) is 0 Å². The molecule has 3 rings (SSSR count). The van der Waals surface area contributed by atoms with Gasteiger partial charge in [0.25, 0.3) is 0 Å². The van der Waals surface area contributed by atoms with Gasteiger partial charge in [0.2, 0.25) is 0 Å². The second-order valence-corrected chi connectivity index (χ2v) is 8.86. The third-order valence-corrected chi connectivity index (χ3v) is 4.38. The Morgan fingerprint density at radius 3 is 1.92 bits per heavy atom. The highest BCUT2D eigenvalue weighted by Gasteiger charge is 2.21. The summed E-state index contributed by atoms with van der Waals surface area (Å²) in [5, 5.41) is 9.34. The zero-order chi connectivity index (χ0) is 18.4. The monoisotopic (exact) mass is 357 g/mol. The highest BCUT2D eigenvalue weighted by Crippen LogP contribution is 2.33. The molecule has 0 N–H and O–H groups in total. The molecule has 4 nitrogen and oxygen atoms in total. The van der Waals surface area contributed by atoms with Crippen LogP contribution in [0.1, 0.15) is 52.7 Å². The fourth-order valence-corrected chi connectivity index (χ4v) is 2.69. The van der Waals surface area contributed by atoms with E-state index >= 15 is 0 Å². The maximum Gasteiger partial charge on any atom is 0.160 e. The average molecular weight is 358 g/mol. The summed E-state index contributed by atoms with van der Waals surface area (Å²) >= 11 is 6.01. The van der Waals surface area contributed by atoms with E-state index in [0.717, 1.165) is 11.3 Å². The van der Waals surface area contributed by atoms with Gasteiger partial charge in [-0.05, 0) is 52.3 Å². The summed E-state index contributed by atoms with van der Waals surface area (Å²) in [5.74, 6) is 0.726. The predicted octanol–water partition coefficient (Wildman–Crippen LogP) is 5.52. The van der Waals surface area contributed by atoms with Crippen LogP contribution in [0, 0.1) is 0 Å². The maximum absolute atomic E-state index is 6.01. The third kappa shape index (κ3) is 3.96. The Morgan fingerprint density at radius 2 is 1.36 bits per heavy atom. The molecule has 0 bridgehead atoms. The van der Waals surface area contributed by atoms with Crippen molar-refractivity contribution < 1.29 is 4.84 Å². The Labute approximate surface area is 153 Å². The predicted molar refractivity (Wildman–Crippen MR) is 102 cm³/mol. The van der Waals surface area contributed by atoms with Crippen molar-refractivity contribution in [2.45, 2.75) is 52.4 Å². The minimum Gasteiger partial charge on any atom is -0.341 e. The van der Waals surface area contributed by atoms with E-state index in [0.29, 0.717) is 10.5 Å². The number of rotatable bonds is 2. The van der Waals surface area contributed by atoms with E-state index in [-0.39, 0.29) is 10.8 Å². The van der Waals surface area contributed by atoms with Crippen molar-refractivity contribution in [3.63, 3.8) is 0 Å². The lowest BCUT2D eigenvalue weighted by atomic mass is 9.80. The van der Waals surface area contributed by atoms with Gasteiger partial charge >= 0.3 is 0 Å². The number of benzene rings is 2. The van der Waals surface area contributed by atoms with Crippen LogP contribution in [-0.2, 0) is 10.8 Å². The Kier molecular flexibility index (Phi) is 4.28. The lowest BCUT2D eigenvalue weighted by molar-refractivity contribution is 0.143. The summed E-state index contributed by atoms with van der Waals surface area (Å²) < 4.78 is 0. The van der Waals surface area contributed by atoms with E-state index in [2.05, 4.69) is 69.9 Å². The van der Waals surface area contributed by atoms with Crippen molar-refractivity contribution in [3.8, 4) is 5.75 Å². The van der Waals surface area contributed by atoms with Crippen molar-refractivity contribution in [2.75, 3.05) is 0 Å². The lowest BCUT2D eigenvalue weighted by Crippen LogP contribution is -2.18. The first kappa shape index (κ1) is 17.7. The SMILES string of the molecule is CC(C)(C)c1cc(On2nc3ccc(Cl)cc3n2)cc(C(C)(C)C)c1. The van der Waals surface area contributed by atoms with Crippen LogP contribution >= 0.6 is 11.6 Å². The summed E-state index contributed by atoms with van der Waals surface area (Å²) in [5.41, 5.74) is 3.93. The zero-order valence-corrected chi connectivity index (χ0v) is 16.3. The number of halogens is 1. The molecule has 0 amide bonds. The highest BCUT2D eigenvalue weighted by atomic mass is 35.5. The molecular formula is C20H24ClN3O. The number of nitrogens with zero attached hydrogens (tertiary/aromatic N) is 3. The molecule has 0 unspecified atom stereocenters. The van der Waals surface area contributed by atoms with Gasteiger partial charge in [-0.3, -0.25) is 0 Å². The minimum absolute atomic E-state index is 0.0230. The van der Waals surface area contributed by atoms with Gasteiger partial charge in [-0.15, -0.1) is 10.2 Å². The second-order valence-electron chi connectivity index (χ2n) is 8.42. The molecule has 132 valence electrons. The molecule has 0 fully saturated rings. The van der Waals surface area contributed by atoms with E-state index in [4.69, 9.17) is 16.4 Å². The molecule has 1 heterocycles. The molecule has 0 saturated heterocycles. The first-order valence-electron chi connectivity index (χ1n) is 8.39. The molecule has 0 aliphatic carbocycles. The highest BCUT2D eigenvalue weighted by molar-refractivity contribution is 6.31. The normalized spacial score (nSPS) is 12.6. The number of hydrogen-bond donors (Lipinski definition) is 0. The van der Waals surface area contributed by atoms with Crippen LogP contribution < -0.4 is 4.84 Å². The Bertz CT molecular complexity index is 885. The number of aromatic nitrogens is 3. The van der Waals surface area contributed by atoms with Gasteiger partial charge in [-0.2, -0.15) is 0 Å². The number of hydrogen-bond acceptors (Lipinski definition) is 3. The molecule has 3 aromatic rings. The van der Waals surface area contributed by atoms with E-state index in [9.17, 15) is 0 Å². The second kappa shape index (κ2) is 6.03. The van der Waals surface area contributed by atoms with Gasteiger partial charge in [0.1, 0.15) is 11.0 Å². The molecule has 0 aliphatic rings. The Balaban J connectivity index is 2.02. The van der Waals surface area contributed by atoms with Crippen LogP contribution in [0.5, 0.6) is 5.75 Å². The molecule has 5 heteroatoms. The quantitative estimate of drug-likeness (QED) is 0.606. The molecule has 1 aromatic heterocycles. The van der Waals surface area contributed by atoms with E-state index in [1.165, 1.54) is 16.1 Å². The molecule has 0 atom stereocenters. The molecule has 0 radical (unpaired) electrons. The first-order chi connectivity index (χ1) is 11.5. The fraction of sp³-hybridized carbons (Fsp3) is 0.400. The van der Waals surface area contributed by atoms with Crippen LogP contribution in [0.3, 0.4) is 0 Å². The average Bonchev–Trinajstić information content (AvgIpc) is 2.86. The molecule has 0 aliphatic heterocycles. The van der Waals surface area contributed by atoms with Gasteiger partial charge in [0.05, 0.1) is 0 Å². The minimum atomic E-state index is 0.0230. The molecular weight excluding hydrogens is 334 g/mol. The topological polar surface area (TPSA) is 39.9 Å². The van der Waals surface area contributed by atoms with Crippen molar-refractivity contribution in [1.29, 1.82) is 0 Å². The van der Waals surface area contributed by atoms with Crippen LogP contribution in [0.25, 0.3) is 11.0 Å². The largest absolute Gasteiger partial charge is 0.341 e. The Morgan fingerprint density at radius 1 is 0.800 bits per heavy atom. The van der Waals surface area contributed by atoms with E-state index in [1.807, 2.05) is 6.07 Å². The summed E-state index contributed by atoms with van der Waals surface area (Å²) in [7, 11) is 0. The van der Waals surface area contributed by atoms with Crippen LogP contribution in [0.2, 0.25) is 5.02 Å². The van der Waals surface area contributed by atoms with Crippen molar-refractivity contribution in [3.05, 3.63) is 52.5 Å². The van der Waals surface area contributed by atoms with Gasteiger partial charge < -0.3 is 4.84 Å². The summed E-state index contributed by atoms with van der Waals surface area (Å²) in [6, 6.07) is 11.7. The van der Waals surface area contributed by atoms with Gasteiger partial charge in [0, 0.05) is 9.98 Å². The standard InChI is InChI=1S/C20H24ClN3O/c1-19(2,3)13-9-14(20(4,5)6)11-16(10-13)25-24-22-17-8-7-15(21)12-18(17)23-24/h7-12H,1-6H3. The first-order valence-corrected chi connectivity index (χ1v) is 8.77. The fourth-order valence-electron chi connectivity index (χ4n) is 2.52. The van der Waals surface area contributed by atoms with E-state index < -0.39 is 0 Å². The summed E-state index contributed by atoms with van der Waals surface area (Å²) in [6.45, 7) is 13.2. The smallest absolute Gasteiger partial charge is 0.160 e. The maximum atomic E-state index is 6.01. The summed E-state index contributed by atoms with van der Waals surface area (Å²) in [6.07, 6.45) is 0. The molecule has 0 spiro atoms. The number of fused-ring (bicyclic) bond motifs is 1. The van der Waals surface area contributed by atoms with Crippen molar-refractivity contribution in [2.24, 2.45) is 0 Å². The Hall–Kier alpha value is -2.07. The van der Waals surface area contributed by atoms with E-state index in [1.54, 1.807) is 12.1 Å². The molecule has 2 aromatic carbocycles. The molecule has 0 saturated carbocycles. The van der Waals surface area contributed by atoms with Gasteiger partial charge in [0.15, 0.2) is 5.75 Å². The summed E-state index contributed by atoms with van der Waals surface area (Å²) in [4.78, 5) is 7.19.